The topological polar surface area (TPSA) is 75.7 Å². The van der Waals surface area contributed by atoms with Gasteiger partial charge in [0, 0.05) is 6.04 Å². The Bertz CT molecular complexity index is 993. The van der Waals surface area contributed by atoms with E-state index in [1.165, 1.54) is 12.8 Å². The lowest BCUT2D eigenvalue weighted by atomic mass is 9.95. The Kier molecular flexibility index (Phi) is 5.99. The largest absolute Gasteiger partial charge is 0.492 e. The number of carbonyl (C=O) groups excluding carboxylic acids is 1. The van der Waals surface area contributed by atoms with E-state index in [2.05, 4.69) is 5.32 Å². The Morgan fingerprint density at radius 2 is 1.80 bits per heavy atom. The molecule has 0 spiro atoms. The number of fused-ring (bicyclic) bond motifs is 2. The van der Waals surface area contributed by atoms with Crippen LogP contribution in [0.5, 0.6) is 5.75 Å². The highest BCUT2D eigenvalue weighted by molar-refractivity contribution is 7.92. The third-order valence-corrected chi connectivity index (χ3v) is 7.91. The van der Waals surface area contributed by atoms with Gasteiger partial charge in [0.15, 0.2) is 0 Å². The summed E-state index contributed by atoms with van der Waals surface area (Å²) in [5, 5.41) is 3.10. The quantitative estimate of drug-likeness (QED) is 0.697. The van der Waals surface area contributed by atoms with Crippen LogP contribution in [0.4, 0.5) is 5.69 Å². The molecule has 0 saturated heterocycles. The average Bonchev–Trinajstić information content (AvgIpc) is 3.37. The molecule has 0 radical (unpaired) electrons. The molecule has 1 amide bonds. The molecule has 2 aromatic rings. The lowest BCUT2D eigenvalue weighted by Gasteiger charge is -2.28. The van der Waals surface area contributed by atoms with E-state index >= 15 is 0 Å². The molecule has 4 rings (SSSR count). The molecule has 2 bridgehead atoms. The first-order valence-electron chi connectivity index (χ1n) is 10.6. The van der Waals surface area contributed by atoms with Crippen LogP contribution >= 0.6 is 0 Å². The van der Waals surface area contributed by atoms with Crippen LogP contribution in [0.25, 0.3) is 0 Å². The van der Waals surface area contributed by atoms with Crippen molar-refractivity contribution in [2.75, 3.05) is 17.5 Å². The van der Waals surface area contributed by atoms with E-state index in [4.69, 9.17) is 4.74 Å². The third-order valence-electron chi connectivity index (χ3n) is 6.14. The zero-order valence-corrected chi connectivity index (χ0v) is 18.0. The first-order chi connectivity index (χ1) is 14.5. The van der Waals surface area contributed by atoms with Crippen LogP contribution in [0.3, 0.4) is 0 Å². The number of nitrogens with zero attached hydrogens (tertiary/aromatic N) is 1. The highest BCUT2D eigenvalue weighted by atomic mass is 32.2. The van der Waals surface area contributed by atoms with Crippen molar-refractivity contribution < 1.29 is 17.9 Å². The van der Waals surface area contributed by atoms with Crippen LogP contribution in [0.15, 0.2) is 59.5 Å². The SMILES string of the molecule is CCOc1ccccc1N(CC(=O)N[C@@H]1C[C@H]2CC[C@H]1C2)S(=O)(=O)c1ccccc1. The summed E-state index contributed by atoms with van der Waals surface area (Å²) in [4.78, 5) is 13.1. The maximum atomic E-state index is 13.5. The number of anilines is 1. The number of carbonyl (C=O) groups is 1. The van der Waals surface area contributed by atoms with Crippen molar-refractivity contribution in [3.63, 3.8) is 0 Å². The van der Waals surface area contributed by atoms with Gasteiger partial charge in [0.2, 0.25) is 5.91 Å². The fourth-order valence-corrected chi connectivity index (χ4v) is 6.22. The standard InChI is InChI=1S/C23H28N2O4S/c1-2-29-22-11-7-6-10-21(22)25(30(27,28)19-8-4-3-5-9-19)16-23(26)24-20-15-17-12-13-18(20)14-17/h3-11,17-18,20H,2,12-16H2,1H3,(H,24,26)/t17-,18-,20+/m0/s1. The average molecular weight is 429 g/mol. The van der Waals surface area contributed by atoms with E-state index in [0.717, 1.165) is 17.1 Å². The summed E-state index contributed by atoms with van der Waals surface area (Å²) in [6.07, 6.45) is 4.56. The molecule has 2 aromatic carbocycles. The first kappa shape index (κ1) is 20.7. The smallest absolute Gasteiger partial charge is 0.264 e. The van der Waals surface area contributed by atoms with E-state index in [1.807, 2.05) is 6.92 Å². The summed E-state index contributed by atoms with van der Waals surface area (Å²) < 4.78 is 33.8. The minimum Gasteiger partial charge on any atom is -0.492 e. The second-order valence-electron chi connectivity index (χ2n) is 8.07. The van der Waals surface area contributed by atoms with Crippen LogP contribution < -0.4 is 14.4 Å². The zero-order chi connectivity index (χ0) is 21.1. The van der Waals surface area contributed by atoms with Gasteiger partial charge in [0.1, 0.15) is 12.3 Å². The number of hydrogen-bond acceptors (Lipinski definition) is 4. The Morgan fingerprint density at radius 1 is 1.07 bits per heavy atom. The predicted octanol–water partition coefficient (Wildman–Crippen LogP) is 3.59. The van der Waals surface area contributed by atoms with Crippen LogP contribution in [0.2, 0.25) is 0 Å². The Hall–Kier alpha value is -2.54. The monoisotopic (exact) mass is 428 g/mol. The number of rotatable bonds is 8. The van der Waals surface area contributed by atoms with Gasteiger partial charge in [-0.1, -0.05) is 36.8 Å². The molecule has 0 aromatic heterocycles. The summed E-state index contributed by atoms with van der Waals surface area (Å²) in [6.45, 7) is 1.96. The maximum Gasteiger partial charge on any atom is 0.264 e. The van der Waals surface area contributed by atoms with Gasteiger partial charge in [-0.25, -0.2) is 8.42 Å². The van der Waals surface area contributed by atoms with Crippen LogP contribution in [-0.4, -0.2) is 33.5 Å². The summed E-state index contributed by atoms with van der Waals surface area (Å²) in [5.74, 6) is 1.38. The molecule has 160 valence electrons. The zero-order valence-electron chi connectivity index (χ0n) is 17.2. The molecular formula is C23H28N2O4S. The minimum atomic E-state index is -3.94. The number of benzene rings is 2. The first-order valence-corrected chi connectivity index (χ1v) is 12.0. The summed E-state index contributed by atoms with van der Waals surface area (Å²) in [7, 11) is -3.94. The molecule has 0 unspecified atom stereocenters. The van der Waals surface area contributed by atoms with Crippen molar-refractivity contribution in [3.8, 4) is 5.75 Å². The second-order valence-corrected chi connectivity index (χ2v) is 9.94. The number of hydrogen-bond donors (Lipinski definition) is 1. The van der Waals surface area contributed by atoms with Crippen molar-refractivity contribution in [2.24, 2.45) is 11.8 Å². The number of sulfonamides is 1. The normalized spacial score (nSPS) is 22.6. The molecule has 0 aliphatic heterocycles. The Labute approximate surface area is 178 Å². The number of ether oxygens (including phenoxy) is 1. The Balaban J connectivity index is 1.63. The van der Waals surface area contributed by atoms with E-state index in [9.17, 15) is 13.2 Å². The number of para-hydroxylation sites is 2. The second kappa shape index (κ2) is 8.68. The predicted molar refractivity (Wildman–Crippen MR) is 116 cm³/mol. The van der Waals surface area contributed by atoms with Gasteiger partial charge in [0.25, 0.3) is 10.0 Å². The molecule has 7 heteroatoms. The van der Waals surface area contributed by atoms with Crippen LogP contribution in [-0.2, 0) is 14.8 Å². The van der Waals surface area contributed by atoms with Gasteiger partial charge >= 0.3 is 0 Å². The molecule has 2 saturated carbocycles. The number of amides is 1. The molecular weight excluding hydrogens is 400 g/mol. The van der Waals surface area contributed by atoms with Crippen molar-refractivity contribution in [1.29, 1.82) is 0 Å². The maximum absolute atomic E-state index is 13.5. The fourth-order valence-electron chi connectivity index (χ4n) is 4.76. The van der Waals surface area contributed by atoms with Crippen molar-refractivity contribution in [2.45, 2.75) is 43.5 Å². The molecule has 3 atom stereocenters. The van der Waals surface area contributed by atoms with Gasteiger partial charge in [-0.05, 0) is 62.3 Å². The molecule has 30 heavy (non-hydrogen) atoms. The highest BCUT2D eigenvalue weighted by Crippen LogP contribution is 2.44. The van der Waals surface area contributed by atoms with Gasteiger partial charge in [-0.2, -0.15) is 0 Å². The lowest BCUT2D eigenvalue weighted by molar-refractivity contribution is -0.120. The molecule has 0 heterocycles. The van der Waals surface area contributed by atoms with Gasteiger partial charge in [-0.3, -0.25) is 9.10 Å². The summed E-state index contributed by atoms with van der Waals surface area (Å²) in [6, 6.07) is 15.3. The van der Waals surface area contributed by atoms with E-state index < -0.39 is 10.0 Å². The molecule has 1 N–H and O–H groups in total. The van der Waals surface area contributed by atoms with Gasteiger partial charge < -0.3 is 10.1 Å². The molecule has 2 aliphatic rings. The van der Waals surface area contributed by atoms with Crippen LogP contribution in [0.1, 0.15) is 32.6 Å². The van der Waals surface area contributed by atoms with E-state index in [1.54, 1.807) is 54.6 Å². The fraction of sp³-hybridized carbons (Fsp3) is 0.435. The highest BCUT2D eigenvalue weighted by Gasteiger charge is 2.40. The third kappa shape index (κ3) is 4.17. The van der Waals surface area contributed by atoms with Crippen molar-refractivity contribution in [1.82, 2.24) is 5.32 Å². The molecule has 2 fully saturated rings. The lowest BCUT2D eigenvalue weighted by Crippen LogP contribution is -2.46. The summed E-state index contributed by atoms with van der Waals surface area (Å²) in [5.41, 5.74) is 0.367. The Morgan fingerprint density at radius 3 is 2.47 bits per heavy atom. The molecule has 2 aliphatic carbocycles. The van der Waals surface area contributed by atoms with Gasteiger partial charge in [-0.15, -0.1) is 0 Å². The van der Waals surface area contributed by atoms with Crippen molar-refractivity contribution >= 4 is 21.6 Å². The van der Waals surface area contributed by atoms with E-state index in [0.29, 0.717) is 29.9 Å². The van der Waals surface area contributed by atoms with Crippen LogP contribution in [0, 0.1) is 11.8 Å². The summed E-state index contributed by atoms with van der Waals surface area (Å²) >= 11 is 0. The molecule has 6 nitrogen and oxygen atoms in total. The number of nitrogens with one attached hydrogen (secondary N) is 1. The van der Waals surface area contributed by atoms with Gasteiger partial charge in [0.05, 0.1) is 17.2 Å². The minimum absolute atomic E-state index is 0.143. The van der Waals surface area contributed by atoms with Crippen molar-refractivity contribution in [3.05, 3.63) is 54.6 Å². The van der Waals surface area contributed by atoms with E-state index in [-0.39, 0.29) is 23.4 Å².